The molecule has 0 fully saturated rings. The molecule has 22 rings (SSSR count). The molecule has 20 aromatic carbocycles. The van der Waals surface area contributed by atoms with Crippen LogP contribution in [0.15, 0.2) is 315 Å². The maximum absolute atomic E-state index is 15.0. The van der Waals surface area contributed by atoms with E-state index in [-0.39, 0.29) is 11.6 Å². The molecule has 0 aliphatic heterocycles. The van der Waals surface area contributed by atoms with Gasteiger partial charge in [0.1, 0.15) is 11.6 Å². The van der Waals surface area contributed by atoms with E-state index in [1.807, 2.05) is 24.3 Å². The smallest absolute Gasteiger partial charge is 0.123 e. The van der Waals surface area contributed by atoms with E-state index in [2.05, 4.69) is 267 Å². The quantitative estimate of drug-likeness (QED) is 0.105. The van der Waals surface area contributed by atoms with Gasteiger partial charge < -0.3 is 0 Å². The topological polar surface area (TPSA) is 0 Å². The van der Waals surface area contributed by atoms with E-state index in [9.17, 15) is 8.78 Å². The van der Waals surface area contributed by atoms with Gasteiger partial charge in [-0.1, -0.05) is 279 Å². The van der Waals surface area contributed by atoms with Crippen LogP contribution in [-0.2, 0) is 0 Å². The monoisotopic (exact) mass is 1240 g/mol. The van der Waals surface area contributed by atoms with Gasteiger partial charge >= 0.3 is 0 Å². The van der Waals surface area contributed by atoms with E-state index < -0.39 is 0 Å². The van der Waals surface area contributed by atoms with Crippen LogP contribution >= 0.6 is 0 Å². The summed E-state index contributed by atoms with van der Waals surface area (Å²) < 4.78 is 29.8. The van der Waals surface area contributed by atoms with Crippen molar-refractivity contribution in [3.63, 3.8) is 0 Å². The fraction of sp³-hybridized carbons (Fsp3) is 0. The van der Waals surface area contributed by atoms with Crippen molar-refractivity contribution in [3.8, 4) is 134 Å². The third kappa shape index (κ3) is 7.15. The summed E-state index contributed by atoms with van der Waals surface area (Å²) in [6, 6.07) is 114. The molecule has 20 aromatic rings. The number of fused-ring (bicyclic) bond motifs is 14. The predicted octanol–water partition coefficient (Wildman–Crippen LogP) is 27.3. The number of benzene rings is 18. The Morgan fingerprint density at radius 1 is 0.133 bits per heavy atom. The summed E-state index contributed by atoms with van der Waals surface area (Å²) in [5.41, 5.74) is 27.8. The van der Waals surface area contributed by atoms with Gasteiger partial charge in [0, 0.05) is 0 Å². The zero-order valence-electron chi connectivity index (χ0n) is 52.8. The zero-order chi connectivity index (χ0) is 64.2. The second-order valence-electron chi connectivity index (χ2n) is 26.9. The molecule has 0 saturated heterocycles. The number of hydrogen-bond donors (Lipinski definition) is 0. The van der Waals surface area contributed by atoms with E-state index in [4.69, 9.17) is 0 Å². The fourth-order valence-corrected chi connectivity index (χ4v) is 18.3. The summed E-state index contributed by atoms with van der Waals surface area (Å²) in [4.78, 5) is 0. The molecule has 0 N–H and O–H groups in total. The Morgan fingerprint density at radius 2 is 0.388 bits per heavy atom. The maximum atomic E-state index is 15.0. The second-order valence-corrected chi connectivity index (χ2v) is 26.9. The van der Waals surface area contributed by atoms with Gasteiger partial charge in [-0.25, -0.2) is 8.78 Å². The highest BCUT2D eigenvalue weighted by molar-refractivity contribution is 6.52. The SMILES string of the molecule is Fc1ccc(-c2ccc(-c3ccccc3)c3c2-c2ccc4c5c(-c6ccccc6)c6c7ccc8c9c(-c%10ccccc%10)cc%10c%11c(ccc(c%12c(-c%13ccccc%13)cc(c6c(-c6ccccc6)c5c5ccc-3c2c45)c7c8%12)c%119)-c2c(-c3ccccc3)ccc(-c3ccc(F)cc3)c2-%10)cc1. The molecule has 0 nitrogen and oxygen atoms in total. The Kier molecular flexibility index (Phi) is 10.9. The van der Waals surface area contributed by atoms with Crippen LogP contribution in [0.2, 0.25) is 0 Å². The summed E-state index contributed by atoms with van der Waals surface area (Å²) in [5.74, 6) is -0.502. The van der Waals surface area contributed by atoms with Crippen LogP contribution in [0.1, 0.15) is 0 Å². The maximum Gasteiger partial charge on any atom is 0.123 e. The molecule has 2 aliphatic rings. The first-order valence-electron chi connectivity index (χ1n) is 33.9. The molecular formula is C96H52F2. The summed E-state index contributed by atoms with van der Waals surface area (Å²) in [7, 11) is 0. The highest BCUT2D eigenvalue weighted by Crippen LogP contribution is 2.64. The highest BCUT2D eigenvalue weighted by Gasteiger charge is 2.37. The molecule has 0 bridgehead atoms. The lowest BCUT2D eigenvalue weighted by molar-refractivity contribution is 0.627. The Hall–Kier alpha value is -12.6. The molecule has 98 heavy (non-hydrogen) atoms. The molecule has 0 amide bonds. The van der Waals surface area contributed by atoms with Crippen molar-refractivity contribution in [1.29, 1.82) is 0 Å². The molecule has 0 aromatic heterocycles. The molecule has 2 heteroatoms. The van der Waals surface area contributed by atoms with E-state index >= 15 is 0 Å². The van der Waals surface area contributed by atoms with Gasteiger partial charge in [-0.15, -0.1) is 0 Å². The molecule has 0 unspecified atom stereocenters. The van der Waals surface area contributed by atoms with Crippen LogP contribution in [0.5, 0.6) is 0 Å². The van der Waals surface area contributed by atoms with Gasteiger partial charge in [-0.2, -0.15) is 0 Å². The normalized spacial score (nSPS) is 12.4. The molecule has 0 saturated carbocycles. The van der Waals surface area contributed by atoms with Crippen LogP contribution in [0.3, 0.4) is 0 Å². The van der Waals surface area contributed by atoms with Crippen LogP contribution in [0, 0.1) is 11.6 Å². The van der Waals surface area contributed by atoms with E-state index in [0.717, 1.165) is 44.5 Å². The van der Waals surface area contributed by atoms with E-state index in [1.54, 1.807) is 24.3 Å². The summed E-state index contributed by atoms with van der Waals surface area (Å²) in [6.07, 6.45) is 0. The Bertz CT molecular complexity index is 6760. The average molecular weight is 1240 g/mol. The van der Waals surface area contributed by atoms with Gasteiger partial charge in [0.15, 0.2) is 0 Å². The molecule has 450 valence electrons. The third-order valence-electron chi connectivity index (χ3n) is 22.1. The molecule has 0 atom stereocenters. The second kappa shape index (κ2) is 20.0. The summed E-state index contributed by atoms with van der Waals surface area (Å²) >= 11 is 0. The van der Waals surface area contributed by atoms with Crippen molar-refractivity contribution in [2.45, 2.75) is 0 Å². The molecule has 0 heterocycles. The first kappa shape index (κ1) is 53.7. The highest BCUT2D eigenvalue weighted by atomic mass is 19.1. The first-order valence-corrected chi connectivity index (χ1v) is 33.9. The lowest BCUT2D eigenvalue weighted by atomic mass is 9.81. The summed E-state index contributed by atoms with van der Waals surface area (Å²) in [6.45, 7) is 0. The van der Waals surface area contributed by atoms with Crippen molar-refractivity contribution in [2.75, 3.05) is 0 Å². The van der Waals surface area contributed by atoms with Crippen molar-refractivity contribution < 1.29 is 8.78 Å². The van der Waals surface area contributed by atoms with Crippen molar-refractivity contribution in [3.05, 3.63) is 327 Å². The van der Waals surface area contributed by atoms with Crippen LogP contribution in [0.4, 0.5) is 8.78 Å². The van der Waals surface area contributed by atoms with Crippen molar-refractivity contribution in [1.82, 2.24) is 0 Å². The minimum Gasteiger partial charge on any atom is -0.207 e. The minimum atomic E-state index is -0.253. The average Bonchev–Trinajstić information content (AvgIpc) is 1.51. The standard InChI is InChI=1S/C96H52F2/c97-61-35-31-57(32-36-61)65-41-39-63(53-19-7-1-8-20-53)81-67-43-47-71-86-70(46-44-68(82(65)81)85(67)86)91-79(59-27-15-5-16-28-59)93-74-50-49-73-87-75(55-23-11-3-12-24-55)51-77-84-66(58-33-37-62(98)38-34-58)42-40-64(54-21-9-2-10-22-54)83(84)69-45-48-72(94(87)89(69)77)88-76(56-25-13-4-14-26-56)52-78(90(74)95(73)88)96(93)80(92(71)91)60-29-17-6-18-30-60/h1-52H. The number of halogens is 2. The van der Waals surface area contributed by atoms with Crippen LogP contribution < -0.4 is 0 Å². The molecule has 2 aliphatic carbocycles. The van der Waals surface area contributed by atoms with E-state index in [0.29, 0.717) is 0 Å². The number of rotatable bonds is 8. The summed E-state index contributed by atoms with van der Waals surface area (Å²) in [5, 5.41) is 22.4. The van der Waals surface area contributed by atoms with Gasteiger partial charge in [0.2, 0.25) is 0 Å². The molecular weight excluding hydrogens is 1190 g/mol. The van der Waals surface area contributed by atoms with Crippen molar-refractivity contribution >= 4 is 97.0 Å². The lowest BCUT2D eigenvalue weighted by Crippen LogP contribution is -1.93. The Labute approximate surface area is 562 Å². The molecule has 0 radical (unpaired) electrons. The largest absolute Gasteiger partial charge is 0.207 e. The van der Waals surface area contributed by atoms with E-state index in [1.165, 1.54) is 186 Å². The Morgan fingerprint density at radius 3 is 0.765 bits per heavy atom. The fourth-order valence-electron chi connectivity index (χ4n) is 18.3. The third-order valence-corrected chi connectivity index (χ3v) is 22.1. The van der Waals surface area contributed by atoms with Crippen LogP contribution in [-0.4, -0.2) is 0 Å². The Balaban J connectivity index is 0.926. The number of hydrogen-bond acceptors (Lipinski definition) is 0. The lowest BCUT2D eigenvalue weighted by Gasteiger charge is -2.21. The van der Waals surface area contributed by atoms with Gasteiger partial charge in [-0.3, -0.25) is 0 Å². The van der Waals surface area contributed by atoms with Gasteiger partial charge in [0.25, 0.3) is 0 Å². The van der Waals surface area contributed by atoms with Crippen molar-refractivity contribution in [2.24, 2.45) is 0 Å². The van der Waals surface area contributed by atoms with Gasteiger partial charge in [-0.05, 0) is 267 Å². The predicted molar refractivity (Wildman–Crippen MR) is 410 cm³/mol. The minimum absolute atomic E-state index is 0.249. The van der Waals surface area contributed by atoms with Crippen LogP contribution in [0.25, 0.3) is 230 Å². The van der Waals surface area contributed by atoms with Gasteiger partial charge in [0.05, 0.1) is 0 Å². The molecule has 0 spiro atoms. The zero-order valence-corrected chi connectivity index (χ0v) is 52.8. The first-order chi connectivity index (χ1) is 48.5.